The van der Waals surface area contributed by atoms with E-state index in [1.165, 1.54) is 73.9 Å². The number of halogens is 4. The van der Waals surface area contributed by atoms with Crippen molar-refractivity contribution >= 4 is 37.2 Å². The summed E-state index contributed by atoms with van der Waals surface area (Å²) in [5.74, 6) is 1.38. The van der Waals surface area contributed by atoms with Crippen molar-refractivity contribution in [1.29, 1.82) is 0 Å². The maximum atomic E-state index is 5.15. The molecule has 0 radical (unpaired) electrons. The second kappa shape index (κ2) is 17.5. The van der Waals surface area contributed by atoms with Gasteiger partial charge in [0.2, 0.25) is 11.8 Å². The van der Waals surface area contributed by atoms with Gasteiger partial charge < -0.3 is 26.4 Å². The number of pyridine rings is 2. The van der Waals surface area contributed by atoms with E-state index in [0.29, 0.717) is 11.8 Å². The Morgan fingerprint density at radius 1 is 0.719 bits per heavy atom. The number of rotatable bonds is 10. The molecule has 1 fully saturated rings. The predicted octanol–water partition coefficient (Wildman–Crippen LogP) is 2.33. The van der Waals surface area contributed by atoms with Gasteiger partial charge in [-0.3, -0.25) is 0 Å². The molecule has 0 spiro atoms. The summed E-state index contributed by atoms with van der Waals surface area (Å²) in [5.41, 5.74) is 2.61. The number of quaternary nitrogens is 1. The van der Waals surface area contributed by atoms with Gasteiger partial charge in [0.1, 0.15) is 0 Å². The molecule has 0 amide bonds. The highest BCUT2D eigenvalue weighted by Crippen LogP contribution is 2.22. The van der Waals surface area contributed by atoms with E-state index in [0.717, 1.165) is 12.8 Å². The predicted molar refractivity (Wildman–Crippen MR) is 134 cm³/mol. The van der Waals surface area contributed by atoms with Gasteiger partial charge in [-0.1, -0.05) is 12.1 Å². The number of likely N-dealkylation sites (tertiary alicyclic amines) is 1. The minimum absolute atomic E-state index is 0. The van der Waals surface area contributed by atoms with Crippen LogP contribution < -0.4 is 21.9 Å². The normalized spacial score (nSPS) is 13.9. The van der Waals surface area contributed by atoms with Crippen molar-refractivity contribution in [2.45, 2.75) is 44.9 Å². The Kier molecular flexibility index (Phi) is 18.1. The van der Waals surface area contributed by atoms with Crippen LogP contribution in [0.15, 0.2) is 36.7 Å². The van der Waals surface area contributed by atoms with Crippen molar-refractivity contribution in [3.8, 4) is 11.8 Å². The summed E-state index contributed by atoms with van der Waals surface area (Å²) in [7, 11) is 3.32. The van der Waals surface area contributed by atoms with Crippen molar-refractivity contribution in [3.05, 3.63) is 47.8 Å². The molecule has 0 aromatic carbocycles. The van der Waals surface area contributed by atoms with Crippen LogP contribution in [0, 0.1) is 0 Å². The van der Waals surface area contributed by atoms with E-state index in [4.69, 9.17) is 9.47 Å². The highest BCUT2D eigenvalue weighted by molar-refractivity contribution is 5.86. The first-order valence-electron chi connectivity index (χ1n) is 10.6. The third kappa shape index (κ3) is 10.3. The molecule has 5 nitrogen and oxygen atoms in total. The summed E-state index contributed by atoms with van der Waals surface area (Å²) in [5, 5.41) is 0. The van der Waals surface area contributed by atoms with Crippen LogP contribution in [-0.2, 0) is 12.8 Å². The van der Waals surface area contributed by atoms with Crippen LogP contribution >= 0.6 is 37.2 Å². The zero-order chi connectivity index (χ0) is 19.7. The van der Waals surface area contributed by atoms with E-state index in [1.54, 1.807) is 14.2 Å². The molecule has 1 saturated heterocycles. The summed E-state index contributed by atoms with van der Waals surface area (Å²) in [6.45, 7) is 5.21. The number of nitrogens with zero attached hydrogens (tertiary/aromatic N) is 3. The molecule has 2 aromatic rings. The van der Waals surface area contributed by atoms with Gasteiger partial charge in [0.15, 0.2) is 0 Å². The van der Waals surface area contributed by atoms with E-state index in [9.17, 15) is 0 Å². The second-order valence-electron chi connectivity index (χ2n) is 7.92. The van der Waals surface area contributed by atoms with E-state index in [1.807, 2.05) is 24.5 Å². The summed E-state index contributed by atoms with van der Waals surface area (Å²) in [6.07, 6.45) is 12.7. The number of hydrogen-bond acceptors (Lipinski definition) is 4. The lowest BCUT2D eigenvalue weighted by Crippen LogP contribution is -3.00. The molecule has 0 saturated carbocycles. The summed E-state index contributed by atoms with van der Waals surface area (Å²) in [6, 6.07) is 8.21. The van der Waals surface area contributed by atoms with Gasteiger partial charge in [0, 0.05) is 37.4 Å². The third-order valence-corrected chi connectivity index (χ3v) is 5.97. The highest BCUT2D eigenvalue weighted by Gasteiger charge is 2.28. The highest BCUT2D eigenvalue weighted by atomic mass is 35.5. The molecule has 0 N–H and O–H groups in total. The van der Waals surface area contributed by atoms with Crippen molar-refractivity contribution in [1.82, 2.24) is 9.97 Å². The fourth-order valence-electron chi connectivity index (χ4n) is 4.34. The van der Waals surface area contributed by atoms with Gasteiger partial charge in [-0.15, -0.1) is 37.2 Å². The van der Waals surface area contributed by atoms with Crippen LogP contribution in [0.2, 0.25) is 0 Å². The van der Waals surface area contributed by atoms with Gasteiger partial charge in [-0.05, 0) is 43.2 Å². The molecule has 184 valence electrons. The molecular weight excluding hydrogens is 492 g/mol. The number of aromatic nitrogens is 2. The van der Waals surface area contributed by atoms with Crippen LogP contribution in [0.1, 0.15) is 43.2 Å². The maximum Gasteiger partial charge on any atom is 0.212 e. The molecule has 3 heterocycles. The monoisotopic (exact) mass is 527 g/mol. The Morgan fingerprint density at radius 3 is 1.50 bits per heavy atom. The maximum absolute atomic E-state index is 5.15. The SMILES string of the molecule is COc1ccc(CCC[N+]2(CCCc3ccc(OC)nc3)CCCCC2)cn1.Cl.Cl.Cl.[Cl-]. The van der Waals surface area contributed by atoms with Crippen molar-refractivity contribution < 1.29 is 26.4 Å². The standard InChI is InChI=1S/C23H34N3O2.4ClH/c1-27-22-12-10-20(18-24-22)8-6-16-26(14-4-3-5-15-26)17-7-9-21-11-13-23(28-2)25-19-21;;;;/h10-13,18-19H,3-9,14-17H2,1-2H3;4*1H/q+1;;;;/p-1. The van der Waals surface area contributed by atoms with Gasteiger partial charge in [0.25, 0.3) is 0 Å². The van der Waals surface area contributed by atoms with Crippen LogP contribution in [0.3, 0.4) is 0 Å². The van der Waals surface area contributed by atoms with Crippen LogP contribution in [0.5, 0.6) is 11.8 Å². The number of aryl methyl sites for hydroxylation is 2. The second-order valence-corrected chi connectivity index (χ2v) is 7.92. The number of methoxy groups -OCH3 is 2. The van der Waals surface area contributed by atoms with Gasteiger partial charge in [0.05, 0.1) is 40.4 Å². The largest absolute Gasteiger partial charge is 1.00 e. The first-order chi connectivity index (χ1) is 13.7. The van der Waals surface area contributed by atoms with Crippen molar-refractivity contribution in [2.75, 3.05) is 40.4 Å². The summed E-state index contributed by atoms with van der Waals surface area (Å²) < 4.78 is 11.6. The topological polar surface area (TPSA) is 44.2 Å². The first kappa shape index (κ1) is 33.2. The summed E-state index contributed by atoms with van der Waals surface area (Å²) >= 11 is 0. The van der Waals surface area contributed by atoms with Crippen LogP contribution in [-0.4, -0.2) is 54.8 Å². The third-order valence-electron chi connectivity index (χ3n) is 5.97. The Labute approximate surface area is 217 Å². The van der Waals surface area contributed by atoms with Crippen molar-refractivity contribution in [2.24, 2.45) is 0 Å². The van der Waals surface area contributed by atoms with Crippen LogP contribution in [0.25, 0.3) is 0 Å². The molecule has 0 unspecified atom stereocenters. The van der Waals surface area contributed by atoms with Crippen molar-refractivity contribution in [3.63, 3.8) is 0 Å². The minimum atomic E-state index is 0. The quantitative estimate of drug-likeness (QED) is 0.444. The van der Waals surface area contributed by atoms with Gasteiger partial charge >= 0.3 is 0 Å². The van der Waals surface area contributed by atoms with E-state index in [2.05, 4.69) is 22.1 Å². The number of piperidine rings is 1. The zero-order valence-electron chi connectivity index (χ0n) is 19.0. The average molecular weight is 529 g/mol. The minimum Gasteiger partial charge on any atom is -1.00 e. The van der Waals surface area contributed by atoms with Gasteiger partial charge in [-0.25, -0.2) is 9.97 Å². The first-order valence-corrected chi connectivity index (χ1v) is 10.6. The smallest absolute Gasteiger partial charge is 0.212 e. The van der Waals surface area contributed by atoms with Gasteiger partial charge in [-0.2, -0.15) is 0 Å². The Balaban J connectivity index is 0. The van der Waals surface area contributed by atoms with E-state index in [-0.39, 0.29) is 49.6 Å². The molecule has 2 aromatic heterocycles. The molecule has 32 heavy (non-hydrogen) atoms. The molecule has 3 rings (SSSR count). The lowest BCUT2D eigenvalue weighted by Gasteiger charge is -2.42. The molecule has 0 aliphatic carbocycles. The lowest BCUT2D eigenvalue weighted by atomic mass is 10.0. The Hall–Kier alpha value is -0.980. The number of ether oxygens (including phenoxy) is 2. The molecule has 0 atom stereocenters. The zero-order valence-corrected chi connectivity index (χ0v) is 22.2. The fourth-order valence-corrected chi connectivity index (χ4v) is 4.34. The molecule has 1 aliphatic heterocycles. The summed E-state index contributed by atoms with van der Waals surface area (Å²) in [4.78, 5) is 8.67. The molecule has 1 aliphatic rings. The number of hydrogen-bond donors (Lipinski definition) is 0. The molecule has 9 heteroatoms. The molecular formula is C23H37Cl4N3O2. The molecule has 0 bridgehead atoms. The average Bonchev–Trinajstić information content (AvgIpc) is 2.75. The fraction of sp³-hybridized carbons (Fsp3) is 0.565. The van der Waals surface area contributed by atoms with Crippen LogP contribution in [0.4, 0.5) is 0 Å². The Morgan fingerprint density at radius 2 is 1.16 bits per heavy atom. The van der Waals surface area contributed by atoms with E-state index < -0.39 is 0 Å². The Bertz CT molecular complexity index is 657. The van der Waals surface area contributed by atoms with E-state index >= 15 is 0 Å². The lowest BCUT2D eigenvalue weighted by molar-refractivity contribution is -0.932.